The number of hydrogen-bond acceptors (Lipinski definition) is 5. The van der Waals surface area contributed by atoms with Gasteiger partial charge in [0, 0.05) is 11.4 Å². The Morgan fingerprint density at radius 1 is 1.71 bits per heavy atom. The highest BCUT2D eigenvalue weighted by Gasteiger charge is 2.22. The van der Waals surface area contributed by atoms with Crippen LogP contribution in [0.2, 0.25) is 0 Å². The maximum atomic E-state index is 11.4. The molecule has 6 heteroatoms. The van der Waals surface area contributed by atoms with Gasteiger partial charge in [0.05, 0.1) is 0 Å². The molecule has 1 heterocycles. The van der Waals surface area contributed by atoms with E-state index in [9.17, 15) is 4.79 Å². The van der Waals surface area contributed by atoms with Gasteiger partial charge in [-0.3, -0.25) is 5.32 Å². The third kappa shape index (κ3) is 5.23. The summed E-state index contributed by atoms with van der Waals surface area (Å²) in [6.45, 7) is 3.93. The van der Waals surface area contributed by atoms with Gasteiger partial charge in [-0.2, -0.15) is 0 Å². The molecule has 4 nitrogen and oxygen atoms in total. The Hall–Kier alpha value is -1.01. The monoisotopic (exact) mass is 273 g/mol. The van der Waals surface area contributed by atoms with Crippen molar-refractivity contribution in [3.05, 3.63) is 23.9 Å². The molecule has 0 aromatic carbocycles. The third-order valence-corrected chi connectivity index (χ3v) is 3.27. The van der Waals surface area contributed by atoms with Crippen LogP contribution in [-0.4, -0.2) is 28.9 Å². The van der Waals surface area contributed by atoms with E-state index in [1.54, 1.807) is 12.2 Å². The van der Waals surface area contributed by atoms with Crippen LogP contribution in [-0.2, 0) is 9.47 Å². The minimum absolute atomic E-state index is 0.131. The number of thioether (sulfide) groups is 1. The number of alkyl carbamates (subject to hydrolysis) is 1. The molecule has 1 aliphatic heterocycles. The van der Waals surface area contributed by atoms with Gasteiger partial charge in [0.2, 0.25) is 4.38 Å². The number of thiocarbonyl (C=S) groups is 1. The molecule has 1 atom stereocenters. The fourth-order valence-corrected chi connectivity index (χ4v) is 2.19. The highest BCUT2D eigenvalue weighted by molar-refractivity contribution is 8.22. The predicted molar refractivity (Wildman–Crippen MR) is 73.0 cm³/mol. The number of rotatable bonds is 4. The van der Waals surface area contributed by atoms with Crippen molar-refractivity contribution < 1.29 is 14.3 Å². The average Bonchev–Trinajstić information content (AvgIpc) is 2.72. The molecule has 0 saturated carbocycles. The van der Waals surface area contributed by atoms with Crippen LogP contribution in [0.5, 0.6) is 0 Å². The largest absolute Gasteiger partial charge is 0.471 e. The molecule has 1 unspecified atom stereocenters. The van der Waals surface area contributed by atoms with Gasteiger partial charge in [0.1, 0.15) is 12.7 Å². The average molecular weight is 273 g/mol. The second-order valence-electron chi connectivity index (χ2n) is 3.27. The summed E-state index contributed by atoms with van der Waals surface area (Å²) in [5.74, 6) is 0.734. The van der Waals surface area contributed by atoms with Crippen molar-refractivity contribution in [2.24, 2.45) is 0 Å². The molecule has 1 fully saturated rings. The maximum Gasteiger partial charge on any atom is 0.411 e. The van der Waals surface area contributed by atoms with Crippen molar-refractivity contribution in [1.29, 1.82) is 0 Å². The molecule has 0 aromatic rings. The fraction of sp³-hybridized carbons (Fsp3) is 0.455. The van der Waals surface area contributed by atoms with E-state index in [0.717, 1.165) is 5.75 Å². The van der Waals surface area contributed by atoms with E-state index in [0.29, 0.717) is 10.1 Å². The van der Waals surface area contributed by atoms with Crippen molar-refractivity contribution in [3.8, 4) is 0 Å². The first-order valence-corrected chi connectivity index (χ1v) is 6.61. The number of hydrogen-bond donors (Lipinski definition) is 1. The SMILES string of the molecule is C/C=C\C(=C/C)NC(=O)OCC1CSC(=S)O1. The minimum Gasteiger partial charge on any atom is -0.471 e. The second kappa shape index (κ2) is 7.34. The van der Waals surface area contributed by atoms with Gasteiger partial charge < -0.3 is 9.47 Å². The standard InChI is InChI=1S/C11H15NO3S2/c1-3-5-8(4-2)12-10(13)14-6-9-7-17-11(16)15-9/h3-5,9H,6-7H2,1-2H3,(H,12,13)/b5-3-,8-4+. The Labute approximate surface area is 110 Å². The zero-order valence-corrected chi connectivity index (χ0v) is 11.4. The van der Waals surface area contributed by atoms with E-state index in [-0.39, 0.29) is 12.7 Å². The van der Waals surface area contributed by atoms with Gasteiger partial charge in [-0.15, -0.1) is 0 Å². The van der Waals surface area contributed by atoms with Crippen molar-refractivity contribution >= 4 is 34.5 Å². The first-order chi connectivity index (χ1) is 8.15. The van der Waals surface area contributed by atoms with Crippen molar-refractivity contribution in [1.82, 2.24) is 5.32 Å². The summed E-state index contributed by atoms with van der Waals surface area (Å²) < 4.78 is 10.8. The van der Waals surface area contributed by atoms with Gasteiger partial charge in [0.25, 0.3) is 0 Å². The number of ether oxygens (including phenoxy) is 2. The predicted octanol–water partition coefficient (Wildman–Crippen LogP) is 2.61. The topological polar surface area (TPSA) is 47.6 Å². The number of carbonyl (C=O) groups excluding carboxylic acids is 1. The normalized spacial score (nSPS) is 20.5. The Bertz CT molecular complexity index is 353. The summed E-state index contributed by atoms with van der Waals surface area (Å²) in [7, 11) is 0. The molecule has 1 amide bonds. The van der Waals surface area contributed by atoms with E-state index in [2.05, 4.69) is 5.32 Å². The lowest BCUT2D eigenvalue weighted by molar-refractivity contribution is 0.0959. The zero-order chi connectivity index (χ0) is 12.7. The molecule has 0 spiro atoms. The molecule has 17 heavy (non-hydrogen) atoms. The lowest BCUT2D eigenvalue weighted by Gasteiger charge is -2.11. The van der Waals surface area contributed by atoms with Crippen molar-refractivity contribution in [2.45, 2.75) is 20.0 Å². The van der Waals surface area contributed by atoms with Crippen molar-refractivity contribution in [3.63, 3.8) is 0 Å². The molecular weight excluding hydrogens is 258 g/mol. The summed E-state index contributed by atoms with van der Waals surface area (Å²) in [5.41, 5.74) is 0.703. The van der Waals surface area contributed by atoms with Gasteiger partial charge >= 0.3 is 6.09 Å². The summed E-state index contributed by atoms with van der Waals surface area (Å²) in [6, 6.07) is 0. The van der Waals surface area contributed by atoms with E-state index >= 15 is 0 Å². The Morgan fingerprint density at radius 3 is 3.00 bits per heavy atom. The Balaban J connectivity index is 2.27. The van der Waals surface area contributed by atoms with Crippen LogP contribution >= 0.6 is 24.0 Å². The lowest BCUT2D eigenvalue weighted by atomic mass is 10.4. The van der Waals surface area contributed by atoms with Crippen molar-refractivity contribution in [2.75, 3.05) is 12.4 Å². The van der Waals surface area contributed by atoms with Crippen LogP contribution in [0.1, 0.15) is 13.8 Å². The van der Waals surface area contributed by atoms with E-state index in [1.165, 1.54) is 11.8 Å². The highest BCUT2D eigenvalue weighted by Crippen LogP contribution is 2.19. The molecule has 0 radical (unpaired) electrons. The molecule has 0 bridgehead atoms. The lowest BCUT2D eigenvalue weighted by Crippen LogP contribution is -2.27. The van der Waals surface area contributed by atoms with Gasteiger partial charge in [-0.05, 0) is 32.1 Å². The van der Waals surface area contributed by atoms with Crippen LogP contribution in [0.15, 0.2) is 23.9 Å². The summed E-state index contributed by atoms with van der Waals surface area (Å²) in [4.78, 5) is 11.4. The first kappa shape index (κ1) is 14.1. The number of nitrogens with one attached hydrogen (secondary N) is 1. The van der Waals surface area contributed by atoms with Crippen LogP contribution in [0, 0.1) is 0 Å². The van der Waals surface area contributed by atoms with Crippen LogP contribution < -0.4 is 5.32 Å². The molecule has 0 aromatic heterocycles. The van der Waals surface area contributed by atoms with Gasteiger partial charge in [-0.1, -0.05) is 23.9 Å². The molecule has 0 aliphatic carbocycles. The highest BCUT2D eigenvalue weighted by atomic mass is 32.2. The summed E-state index contributed by atoms with van der Waals surface area (Å²) in [5, 5.41) is 2.62. The minimum atomic E-state index is -0.484. The van der Waals surface area contributed by atoms with Crippen LogP contribution in [0.25, 0.3) is 0 Å². The zero-order valence-electron chi connectivity index (χ0n) is 9.76. The maximum absolute atomic E-state index is 11.4. The van der Waals surface area contributed by atoms with Gasteiger partial charge in [-0.25, -0.2) is 4.79 Å². The second-order valence-corrected chi connectivity index (χ2v) is 4.89. The fourth-order valence-electron chi connectivity index (χ4n) is 1.16. The third-order valence-electron chi connectivity index (χ3n) is 1.95. The number of amides is 1. The van der Waals surface area contributed by atoms with Crippen LogP contribution in [0.4, 0.5) is 4.79 Å². The smallest absolute Gasteiger partial charge is 0.411 e. The molecule has 1 rings (SSSR count). The Morgan fingerprint density at radius 2 is 2.47 bits per heavy atom. The first-order valence-electron chi connectivity index (χ1n) is 5.22. The van der Waals surface area contributed by atoms with E-state index in [4.69, 9.17) is 21.7 Å². The molecular formula is C11H15NO3S2. The van der Waals surface area contributed by atoms with E-state index in [1.807, 2.05) is 19.9 Å². The molecule has 94 valence electrons. The molecule has 1 saturated heterocycles. The quantitative estimate of drug-likeness (QED) is 0.630. The Kier molecular flexibility index (Phi) is 6.07. The number of allylic oxidation sites excluding steroid dienone is 3. The number of carbonyl (C=O) groups is 1. The summed E-state index contributed by atoms with van der Waals surface area (Å²) >= 11 is 6.32. The van der Waals surface area contributed by atoms with Gasteiger partial charge in [0.15, 0.2) is 0 Å². The molecule has 1 N–H and O–H groups in total. The summed E-state index contributed by atoms with van der Waals surface area (Å²) in [6.07, 6.45) is 4.80. The van der Waals surface area contributed by atoms with Crippen LogP contribution in [0.3, 0.4) is 0 Å². The molecule has 1 aliphatic rings. The van der Waals surface area contributed by atoms with E-state index < -0.39 is 6.09 Å².